The fourth-order valence-corrected chi connectivity index (χ4v) is 3.06. The first-order valence-corrected chi connectivity index (χ1v) is 7.10. The monoisotopic (exact) mass is 301 g/mol. The summed E-state index contributed by atoms with van der Waals surface area (Å²) in [4.78, 5) is 0. The minimum Gasteiger partial charge on any atom is -0.368 e. The smallest absolute Gasteiger partial charge is 0.368 e. The van der Waals surface area contributed by atoms with E-state index in [0.717, 1.165) is 12.5 Å². The number of benzene rings is 1. The fraction of sp³-hybridized carbons (Fsp3) is 0.625. The highest BCUT2D eigenvalue weighted by Gasteiger charge is 2.45. The molecule has 1 unspecified atom stereocenters. The predicted octanol–water partition coefficient (Wildman–Crippen LogP) is 4.14. The first kappa shape index (κ1) is 16.3. The second-order valence-corrected chi connectivity index (χ2v) is 6.76. The molecule has 21 heavy (non-hydrogen) atoms. The Labute approximate surface area is 123 Å². The van der Waals surface area contributed by atoms with E-state index in [1.54, 1.807) is 6.07 Å². The van der Waals surface area contributed by atoms with Crippen molar-refractivity contribution < 1.29 is 17.9 Å². The Hall–Kier alpha value is -1.07. The van der Waals surface area contributed by atoms with Gasteiger partial charge in [0.1, 0.15) is 0 Å². The van der Waals surface area contributed by atoms with Gasteiger partial charge in [-0.05, 0) is 45.7 Å². The maximum absolute atomic E-state index is 13.0. The van der Waals surface area contributed by atoms with Crippen LogP contribution in [0.25, 0.3) is 0 Å². The van der Waals surface area contributed by atoms with E-state index in [1.165, 1.54) is 12.1 Å². The molecule has 1 fully saturated rings. The number of nitrogens with one attached hydrogen (secondary N) is 1. The molecule has 0 spiro atoms. The van der Waals surface area contributed by atoms with Crippen molar-refractivity contribution >= 4 is 0 Å². The van der Waals surface area contributed by atoms with Crippen LogP contribution in [0.4, 0.5) is 13.2 Å². The Morgan fingerprint density at radius 3 is 2.33 bits per heavy atom. The van der Waals surface area contributed by atoms with Crippen molar-refractivity contribution in [2.45, 2.75) is 64.1 Å². The average Bonchev–Trinajstić information content (AvgIpc) is 2.53. The normalized spacial score (nSPS) is 24.2. The molecule has 0 bridgehead atoms. The van der Waals surface area contributed by atoms with Gasteiger partial charge in [0, 0.05) is 12.6 Å². The minimum absolute atomic E-state index is 0.0220. The Bertz CT molecular complexity index is 508. The zero-order chi connectivity index (χ0) is 15.9. The molecule has 1 aliphatic heterocycles. The van der Waals surface area contributed by atoms with Crippen LogP contribution in [0, 0.1) is 0 Å². The van der Waals surface area contributed by atoms with Crippen molar-refractivity contribution in [1.82, 2.24) is 5.32 Å². The Balaban J connectivity index is 2.11. The van der Waals surface area contributed by atoms with E-state index in [-0.39, 0.29) is 23.8 Å². The van der Waals surface area contributed by atoms with Gasteiger partial charge in [-0.3, -0.25) is 0 Å². The molecule has 0 aromatic heterocycles. The summed E-state index contributed by atoms with van der Waals surface area (Å²) in [6.07, 6.45) is -3.55. The second-order valence-electron chi connectivity index (χ2n) is 6.76. The molecule has 1 N–H and O–H groups in total. The highest BCUT2D eigenvalue weighted by atomic mass is 19.4. The van der Waals surface area contributed by atoms with Gasteiger partial charge in [-0.25, -0.2) is 0 Å². The summed E-state index contributed by atoms with van der Waals surface area (Å²) in [5, 5.41) is 3.23. The van der Waals surface area contributed by atoms with E-state index >= 15 is 0 Å². The average molecular weight is 301 g/mol. The lowest BCUT2D eigenvalue weighted by molar-refractivity contribution is -0.138. The molecule has 5 heteroatoms. The van der Waals surface area contributed by atoms with Crippen molar-refractivity contribution in [2.24, 2.45) is 0 Å². The molecular weight excluding hydrogens is 279 g/mol. The molecule has 118 valence electrons. The van der Waals surface area contributed by atoms with Crippen LogP contribution in [0.15, 0.2) is 24.3 Å². The van der Waals surface area contributed by atoms with Crippen molar-refractivity contribution in [1.29, 1.82) is 0 Å². The summed E-state index contributed by atoms with van der Waals surface area (Å²) in [5.41, 5.74) is -0.958. The van der Waals surface area contributed by atoms with Crippen molar-refractivity contribution in [2.75, 3.05) is 0 Å². The Morgan fingerprint density at radius 1 is 1.19 bits per heavy atom. The van der Waals surface area contributed by atoms with Gasteiger partial charge >= 0.3 is 6.18 Å². The number of hydrogen-bond acceptors (Lipinski definition) is 2. The van der Waals surface area contributed by atoms with E-state index in [1.807, 2.05) is 27.7 Å². The maximum atomic E-state index is 13.0. The standard InChI is InChI=1S/C16H22F3NO/c1-14(2)9-13(15(3,4)21-14)20-10-11-7-5-6-8-12(11)16(17,18)19/h5-8,13,20H,9-10H2,1-4H3. The molecule has 1 aliphatic rings. The SMILES string of the molecule is CC1(C)CC(NCc2ccccc2C(F)(F)F)C(C)(C)O1. The molecular formula is C16H22F3NO. The van der Waals surface area contributed by atoms with Gasteiger partial charge in [-0.15, -0.1) is 0 Å². The number of ether oxygens (including phenoxy) is 1. The molecule has 0 amide bonds. The Kier molecular flexibility index (Phi) is 4.10. The maximum Gasteiger partial charge on any atom is 0.416 e. The Morgan fingerprint density at radius 2 is 1.81 bits per heavy atom. The van der Waals surface area contributed by atoms with Gasteiger partial charge < -0.3 is 10.1 Å². The fourth-order valence-electron chi connectivity index (χ4n) is 3.06. The summed E-state index contributed by atoms with van der Waals surface area (Å²) < 4.78 is 44.9. The molecule has 1 heterocycles. The zero-order valence-corrected chi connectivity index (χ0v) is 12.8. The molecule has 2 nitrogen and oxygen atoms in total. The summed E-state index contributed by atoms with van der Waals surface area (Å²) >= 11 is 0. The van der Waals surface area contributed by atoms with Crippen LogP contribution >= 0.6 is 0 Å². The minimum atomic E-state index is -4.32. The van der Waals surface area contributed by atoms with Crippen molar-refractivity contribution in [3.8, 4) is 0 Å². The molecule has 1 saturated heterocycles. The summed E-state index contributed by atoms with van der Waals surface area (Å²) in [7, 11) is 0. The van der Waals surface area contributed by atoms with Crippen LogP contribution in [0.5, 0.6) is 0 Å². The van der Waals surface area contributed by atoms with Crippen molar-refractivity contribution in [3.05, 3.63) is 35.4 Å². The largest absolute Gasteiger partial charge is 0.416 e. The highest BCUT2D eigenvalue weighted by molar-refractivity contribution is 5.29. The van der Waals surface area contributed by atoms with Crippen LogP contribution in [0.2, 0.25) is 0 Å². The molecule has 0 aliphatic carbocycles. The molecule has 2 rings (SSSR count). The van der Waals surface area contributed by atoms with Gasteiger partial charge in [-0.2, -0.15) is 13.2 Å². The van der Waals surface area contributed by atoms with E-state index < -0.39 is 17.3 Å². The topological polar surface area (TPSA) is 21.3 Å². The van der Waals surface area contributed by atoms with Gasteiger partial charge in [0.15, 0.2) is 0 Å². The van der Waals surface area contributed by atoms with Crippen molar-refractivity contribution in [3.63, 3.8) is 0 Å². The van der Waals surface area contributed by atoms with Gasteiger partial charge in [0.2, 0.25) is 0 Å². The van der Waals surface area contributed by atoms with E-state index in [2.05, 4.69) is 5.32 Å². The highest BCUT2D eigenvalue weighted by Crippen LogP contribution is 2.38. The van der Waals surface area contributed by atoms with Crippen LogP contribution in [0.3, 0.4) is 0 Å². The quantitative estimate of drug-likeness (QED) is 0.906. The molecule has 1 aromatic rings. The number of halogens is 3. The van der Waals surface area contributed by atoms with Crippen LogP contribution in [0.1, 0.15) is 45.2 Å². The number of rotatable bonds is 3. The number of hydrogen-bond donors (Lipinski definition) is 1. The predicted molar refractivity (Wildman–Crippen MR) is 75.9 cm³/mol. The van der Waals surface area contributed by atoms with Gasteiger partial charge in [-0.1, -0.05) is 18.2 Å². The molecule has 0 saturated carbocycles. The zero-order valence-electron chi connectivity index (χ0n) is 12.8. The molecule has 0 radical (unpaired) electrons. The van der Waals surface area contributed by atoms with E-state index in [4.69, 9.17) is 4.74 Å². The van der Waals surface area contributed by atoms with Crippen LogP contribution in [-0.2, 0) is 17.5 Å². The van der Waals surface area contributed by atoms with Gasteiger partial charge in [0.25, 0.3) is 0 Å². The summed E-state index contributed by atoms with van der Waals surface area (Å²) in [5.74, 6) is 0. The lowest BCUT2D eigenvalue weighted by atomic mass is 9.94. The van der Waals surface area contributed by atoms with Crippen LogP contribution in [-0.4, -0.2) is 17.2 Å². The third-order valence-corrected chi connectivity index (χ3v) is 3.94. The van der Waals surface area contributed by atoms with Crippen LogP contribution < -0.4 is 5.32 Å². The third-order valence-electron chi connectivity index (χ3n) is 3.94. The number of alkyl halides is 3. The van der Waals surface area contributed by atoms with E-state index in [9.17, 15) is 13.2 Å². The molecule has 1 aromatic carbocycles. The first-order valence-electron chi connectivity index (χ1n) is 7.10. The molecule has 1 atom stereocenters. The van der Waals surface area contributed by atoms with Gasteiger partial charge in [0.05, 0.1) is 16.8 Å². The second kappa shape index (κ2) is 5.29. The van der Waals surface area contributed by atoms with E-state index in [0.29, 0.717) is 0 Å². The third kappa shape index (κ3) is 3.77. The summed E-state index contributed by atoms with van der Waals surface area (Å²) in [6.45, 7) is 8.12. The lowest BCUT2D eigenvalue weighted by Gasteiger charge is -2.28. The lowest BCUT2D eigenvalue weighted by Crippen LogP contribution is -2.43. The first-order chi connectivity index (χ1) is 9.51. The summed E-state index contributed by atoms with van der Waals surface area (Å²) in [6, 6.07) is 5.71.